The molecule has 0 aliphatic heterocycles. The van der Waals surface area contributed by atoms with E-state index in [9.17, 15) is 4.79 Å². The molecular weight excluding hydrogens is 242 g/mol. The van der Waals surface area contributed by atoms with Gasteiger partial charge < -0.3 is 10.1 Å². The number of ether oxygens (including phenoxy) is 1. The van der Waals surface area contributed by atoms with Crippen LogP contribution in [0, 0.1) is 0 Å². The lowest BCUT2D eigenvalue weighted by atomic mass is 10.2. The van der Waals surface area contributed by atoms with E-state index in [2.05, 4.69) is 22.5 Å². The van der Waals surface area contributed by atoms with Gasteiger partial charge in [-0.15, -0.1) is 0 Å². The number of nitrogens with zero attached hydrogens (tertiary/aromatic N) is 1. The second-order valence-corrected chi connectivity index (χ2v) is 5.34. The van der Waals surface area contributed by atoms with Crippen LogP contribution in [0.15, 0.2) is 18.3 Å². The molecule has 5 nitrogen and oxygen atoms in total. The molecule has 0 bridgehead atoms. The third-order valence-electron chi connectivity index (χ3n) is 2.25. The molecule has 5 heteroatoms. The Morgan fingerprint density at radius 3 is 2.63 bits per heavy atom. The molecule has 0 saturated heterocycles. The number of carbonyl (C=O) groups excluding carboxylic acids is 1. The molecular formula is C14H23N3O2. The lowest BCUT2D eigenvalue weighted by Crippen LogP contribution is -2.27. The lowest BCUT2D eigenvalue weighted by molar-refractivity contribution is 0.0636. The molecule has 106 valence electrons. The second-order valence-electron chi connectivity index (χ2n) is 5.34. The van der Waals surface area contributed by atoms with Crippen molar-refractivity contribution in [2.75, 3.05) is 17.2 Å². The first-order valence-electron chi connectivity index (χ1n) is 6.60. The van der Waals surface area contributed by atoms with Crippen LogP contribution in [0.5, 0.6) is 0 Å². The van der Waals surface area contributed by atoms with Crippen LogP contribution in [-0.2, 0) is 4.74 Å². The minimum Gasteiger partial charge on any atom is -0.444 e. The maximum Gasteiger partial charge on any atom is 0.412 e. The van der Waals surface area contributed by atoms with Crippen molar-refractivity contribution in [1.82, 2.24) is 4.98 Å². The Hall–Kier alpha value is -1.78. The van der Waals surface area contributed by atoms with E-state index in [1.807, 2.05) is 26.8 Å². The largest absolute Gasteiger partial charge is 0.444 e. The van der Waals surface area contributed by atoms with Crippen molar-refractivity contribution in [3.8, 4) is 0 Å². The summed E-state index contributed by atoms with van der Waals surface area (Å²) in [4.78, 5) is 15.8. The van der Waals surface area contributed by atoms with Gasteiger partial charge in [-0.05, 0) is 39.3 Å². The fourth-order valence-electron chi connectivity index (χ4n) is 1.39. The summed E-state index contributed by atoms with van der Waals surface area (Å²) in [6.07, 6.45) is 3.39. The topological polar surface area (TPSA) is 63.2 Å². The summed E-state index contributed by atoms with van der Waals surface area (Å²) < 4.78 is 5.16. The van der Waals surface area contributed by atoms with Crippen LogP contribution < -0.4 is 10.6 Å². The van der Waals surface area contributed by atoms with Gasteiger partial charge in [0.15, 0.2) is 0 Å². The highest BCUT2D eigenvalue weighted by atomic mass is 16.6. The van der Waals surface area contributed by atoms with Crippen LogP contribution in [-0.4, -0.2) is 23.2 Å². The number of aromatic nitrogens is 1. The van der Waals surface area contributed by atoms with E-state index in [1.165, 1.54) is 0 Å². The van der Waals surface area contributed by atoms with Gasteiger partial charge in [-0.3, -0.25) is 5.32 Å². The summed E-state index contributed by atoms with van der Waals surface area (Å²) in [7, 11) is 0. The van der Waals surface area contributed by atoms with Crippen molar-refractivity contribution < 1.29 is 9.53 Å². The quantitative estimate of drug-likeness (QED) is 0.798. The average Bonchev–Trinajstić information content (AvgIpc) is 2.29. The zero-order valence-corrected chi connectivity index (χ0v) is 12.1. The number of rotatable bonds is 5. The monoisotopic (exact) mass is 265 g/mol. The molecule has 0 fully saturated rings. The molecule has 1 aromatic heterocycles. The molecule has 0 aromatic carbocycles. The van der Waals surface area contributed by atoms with E-state index in [1.54, 1.807) is 12.3 Å². The second kappa shape index (κ2) is 6.97. The smallest absolute Gasteiger partial charge is 0.412 e. The molecule has 1 aromatic rings. The molecule has 0 unspecified atom stereocenters. The fourth-order valence-corrected chi connectivity index (χ4v) is 1.39. The van der Waals surface area contributed by atoms with E-state index in [0.29, 0.717) is 5.69 Å². The van der Waals surface area contributed by atoms with Gasteiger partial charge in [0.1, 0.15) is 11.4 Å². The summed E-state index contributed by atoms with van der Waals surface area (Å²) in [6, 6.07) is 3.63. The van der Waals surface area contributed by atoms with Crippen LogP contribution in [0.25, 0.3) is 0 Å². The molecule has 1 amide bonds. The Balaban J connectivity index is 2.45. The highest BCUT2D eigenvalue weighted by molar-refractivity contribution is 5.84. The molecule has 0 aliphatic rings. The Labute approximate surface area is 114 Å². The van der Waals surface area contributed by atoms with Crippen molar-refractivity contribution in [2.24, 2.45) is 0 Å². The minimum atomic E-state index is -0.501. The van der Waals surface area contributed by atoms with Crippen molar-refractivity contribution in [2.45, 2.75) is 46.1 Å². The fraction of sp³-hybridized carbons (Fsp3) is 0.571. The summed E-state index contributed by atoms with van der Waals surface area (Å²) in [5.74, 6) is 0.809. The Bertz CT molecular complexity index is 396. The van der Waals surface area contributed by atoms with Gasteiger partial charge in [0.25, 0.3) is 0 Å². The molecule has 1 rings (SSSR count). The van der Waals surface area contributed by atoms with E-state index >= 15 is 0 Å². The zero-order chi connectivity index (χ0) is 14.3. The molecule has 0 saturated carbocycles. The van der Waals surface area contributed by atoms with Gasteiger partial charge in [0.05, 0.1) is 11.9 Å². The molecule has 0 atom stereocenters. The van der Waals surface area contributed by atoms with E-state index < -0.39 is 11.7 Å². The summed E-state index contributed by atoms with van der Waals surface area (Å²) in [5, 5.41) is 5.85. The van der Waals surface area contributed by atoms with E-state index in [4.69, 9.17) is 4.74 Å². The Morgan fingerprint density at radius 2 is 2.11 bits per heavy atom. The standard InChI is InChI=1S/C14H23N3O2/c1-5-6-9-15-12-8-7-11(10-16-12)17-13(18)19-14(2,3)4/h7-8,10H,5-6,9H2,1-4H3,(H,15,16)(H,17,18). The third-order valence-corrected chi connectivity index (χ3v) is 2.25. The molecule has 1 heterocycles. The van der Waals surface area contributed by atoms with Crippen LogP contribution >= 0.6 is 0 Å². The number of amides is 1. The van der Waals surface area contributed by atoms with Crippen LogP contribution in [0.2, 0.25) is 0 Å². The Kier molecular flexibility index (Phi) is 5.60. The van der Waals surface area contributed by atoms with Gasteiger partial charge in [-0.2, -0.15) is 0 Å². The molecule has 2 N–H and O–H groups in total. The first kappa shape index (κ1) is 15.3. The maximum absolute atomic E-state index is 11.5. The molecule has 19 heavy (non-hydrogen) atoms. The van der Waals surface area contributed by atoms with Gasteiger partial charge >= 0.3 is 6.09 Å². The first-order chi connectivity index (χ1) is 8.90. The number of pyridine rings is 1. The van der Waals surface area contributed by atoms with Crippen LogP contribution in [0.4, 0.5) is 16.3 Å². The number of anilines is 2. The predicted octanol–water partition coefficient (Wildman–Crippen LogP) is 3.64. The maximum atomic E-state index is 11.5. The number of hydrogen-bond donors (Lipinski definition) is 2. The summed E-state index contributed by atoms with van der Waals surface area (Å²) >= 11 is 0. The van der Waals surface area contributed by atoms with Crippen LogP contribution in [0.1, 0.15) is 40.5 Å². The number of carbonyl (C=O) groups is 1. The third kappa shape index (κ3) is 6.64. The van der Waals surface area contributed by atoms with Crippen molar-refractivity contribution in [3.63, 3.8) is 0 Å². The normalized spacial score (nSPS) is 10.9. The number of hydrogen-bond acceptors (Lipinski definition) is 4. The number of nitrogens with one attached hydrogen (secondary N) is 2. The van der Waals surface area contributed by atoms with Gasteiger partial charge in [-0.25, -0.2) is 9.78 Å². The minimum absolute atomic E-state index is 0.471. The summed E-state index contributed by atoms with van der Waals surface area (Å²) in [5.41, 5.74) is 0.120. The highest BCUT2D eigenvalue weighted by Gasteiger charge is 2.16. The van der Waals surface area contributed by atoms with Crippen molar-refractivity contribution in [1.29, 1.82) is 0 Å². The van der Waals surface area contributed by atoms with E-state index in [-0.39, 0.29) is 0 Å². The SMILES string of the molecule is CCCCNc1ccc(NC(=O)OC(C)(C)C)cn1. The zero-order valence-electron chi connectivity index (χ0n) is 12.1. The van der Waals surface area contributed by atoms with Gasteiger partial charge in [-0.1, -0.05) is 13.3 Å². The van der Waals surface area contributed by atoms with Gasteiger partial charge in [0, 0.05) is 6.54 Å². The number of unbranched alkanes of at least 4 members (excludes halogenated alkanes) is 1. The Morgan fingerprint density at radius 1 is 1.37 bits per heavy atom. The molecule has 0 aliphatic carbocycles. The van der Waals surface area contributed by atoms with Crippen LogP contribution in [0.3, 0.4) is 0 Å². The highest BCUT2D eigenvalue weighted by Crippen LogP contribution is 2.12. The van der Waals surface area contributed by atoms with Crippen molar-refractivity contribution in [3.05, 3.63) is 18.3 Å². The van der Waals surface area contributed by atoms with Gasteiger partial charge in [0.2, 0.25) is 0 Å². The molecule has 0 spiro atoms. The van der Waals surface area contributed by atoms with E-state index in [0.717, 1.165) is 25.2 Å². The predicted molar refractivity (Wildman–Crippen MR) is 77.5 cm³/mol. The molecule has 0 radical (unpaired) electrons. The lowest BCUT2D eigenvalue weighted by Gasteiger charge is -2.19. The van der Waals surface area contributed by atoms with Crippen molar-refractivity contribution >= 4 is 17.6 Å². The average molecular weight is 265 g/mol. The summed E-state index contributed by atoms with van der Waals surface area (Å²) in [6.45, 7) is 8.52. The first-order valence-corrected chi connectivity index (χ1v) is 6.60.